The predicted molar refractivity (Wildman–Crippen MR) is 69.6 cm³/mol. The minimum atomic E-state index is 0.540. The first-order valence-electron chi connectivity index (χ1n) is 6.02. The second kappa shape index (κ2) is 7.54. The van der Waals surface area contributed by atoms with Crippen LogP contribution in [-0.2, 0) is 6.54 Å². The summed E-state index contributed by atoms with van der Waals surface area (Å²) in [4.78, 5) is 4.15. The number of hydrogen-bond donors (Lipinski definition) is 1. The summed E-state index contributed by atoms with van der Waals surface area (Å²) in [5, 5.41) is 5.07. The number of rotatable bonds is 8. The van der Waals surface area contributed by atoms with Gasteiger partial charge >= 0.3 is 0 Å². The molecule has 5 heteroatoms. The van der Waals surface area contributed by atoms with Gasteiger partial charge in [0.05, 0.1) is 0 Å². The largest absolute Gasteiger partial charge is 0.368 e. The molecule has 0 fully saturated rings. The van der Waals surface area contributed by atoms with E-state index >= 15 is 0 Å². The Balaban J connectivity index is 2.18. The van der Waals surface area contributed by atoms with E-state index in [1.807, 2.05) is 10.9 Å². The smallest absolute Gasteiger partial charge is 0.219 e. The van der Waals surface area contributed by atoms with Crippen molar-refractivity contribution in [1.82, 2.24) is 14.8 Å². The molecule has 1 rings (SSSR count). The molecular weight excluding hydrogens is 220 g/mol. The fraction of sp³-hybridized carbons (Fsp3) is 0.818. The van der Waals surface area contributed by atoms with Crippen LogP contribution in [0.2, 0.25) is 0 Å². The molecule has 0 atom stereocenters. The van der Waals surface area contributed by atoms with E-state index in [4.69, 9.17) is 5.73 Å². The molecule has 0 bridgehead atoms. The van der Waals surface area contributed by atoms with E-state index in [1.54, 1.807) is 0 Å². The minimum absolute atomic E-state index is 0.540. The summed E-state index contributed by atoms with van der Waals surface area (Å²) in [6, 6.07) is 0. The molecule has 1 heterocycles. The van der Waals surface area contributed by atoms with E-state index in [0.29, 0.717) is 5.95 Å². The zero-order chi connectivity index (χ0) is 11.8. The van der Waals surface area contributed by atoms with Crippen LogP contribution in [0.5, 0.6) is 0 Å². The fourth-order valence-electron chi connectivity index (χ4n) is 1.63. The first-order valence-corrected chi connectivity index (χ1v) is 7.24. The topological polar surface area (TPSA) is 56.7 Å². The number of thioether (sulfide) groups is 1. The number of nitrogen functional groups attached to an aromatic ring is 1. The predicted octanol–water partition coefficient (Wildman–Crippen LogP) is 2.94. The molecule has 92 valence electrons. The molecule has 0 aliphatic heterocycles. The fourth-order valence-corrected chi connectivity index (χ4v) is 1.99. The van der Waals surface area contributed by atoms with Crippen molar-refractivity contribution in [2.75, 3.05) is 12.0 Å². The van der Waals surface area contributed by atoms with Crippen molar-refractivity contribution in [2.24, 2.45) is 0 Å². The maximum absolute atomic E-state index is 5.76. The Morgan fingerprint density at radius 3 is 2.50 bits per heavy atom. The van der Waals surface area contributed by atoms with Crippen molar-refractivity contribution in [3.63, 3.8) is 0 Å². The Morgan fingerprint density at radius 2 is 1.88 bits per heavy atom. The number of hydrogen-bond acceptors (Lipinski definition) is 4. The number of nitrogens with zero attached hydrogens (tertiary/aromatic N) is 3. The van der Waals surface area contributed by atoms with Crippen LogP contribution in [0.25, 0.3) is 0 Å². The molecule has 0 spiro atoms. The van der Waals surface area contributed by atoms with E-state index in [2.05, 4.69) is 17.0 Å². The van der Waals surface area contributed by atoms with Gasteiger partial charge in [-0.05, 0) is 12.7 Å². The van der Waals surface area contributed by atoms with Crippen molar-refractivity contribution in [3.8, 4) is 0 Å². The lowest BCUT2D eigenvalue weighted by Gasteiger charge is -2.02. The summed E-state index contributed by atoms with van der Waals surface area (Å²) in [6.07, 6.45) is 9.68. The molecule has 0 aliphatic rings. The maximum Gasteiger partial charge on any atom is 0.219 e. The lowest BCUT2D eigenvalue weighted by atomic mass is 10.1. The highest BCUT2D eigenvalue weighted by atomic mass is 32.2. The number of unbranched alkanes of at least 4 members (excludes halogenated alkanes) is 5. The van der Waals surface area contributed by atoms with Crippen molar-refractivity contribution in [2.45, 2.75) is 57.1 Å². The van der Waals surface area contributed by atoms with Crippen LogP contribution < -0.4 is 5.73 Å². The summed E-state index contributed by atoms with van der Waals surface area (Å²) in [6.45, 7) is 3.13. The van der Waals surface area contributed by atoms with Crippen molar-refractivity contribution in [3.05, 3.63) is 0 Å². The van der Waals surface area contributed by atoms with Gasteiger partial charge in [0, 0.05) is 6.54 Å². The standard InChI is InChI=1S/C11H22N4S/c1-3-4-5-6-7-8-9-15-10(12)13-11(14-15)16-2/h3-9H2,1-2H3,(H2,12,13,14). The van der Waals surface area contributed by atoms with Crippen LogP contribution in [0.4, 0.5) is 5.95 Å². The Bertz CT molecular complexity index is 298. The van der Waals surface area contributed by atoms with Gasteiger partial charge in [-0.3, -0.25) is 0 Å². The molecule has 0 saturated carbocycles. The third-order valence-electron chi connectivity index (χ3n) is 2.59. The monoisotopic (exact) mass is 242 g/mol. The van der Waals surface area contributed by atoms with E-state index in [-0.39, 0.29) is 0 Å². The quantitative estimate of drug-likeness (QED) is 0.562. The molecule has 0 radical (unpaired) electrons. The highest BCUT2D eigenvalue weighted by Gasteiger charge is 2.04. The zero-order valence-electron chi connectivity index (χ0n) is 10.3. The lowest BCUT2D eigenvalue weighted by molar-refractivity contribution is 0.526. The molecule has 0 saturated heterocycles. The summed E-state index contributed by atoms with van der Waals surface area (Å²) in [7, 11) is 0. The molecule has 16 heavy (non-hydrogen) atoms. The average Bonchev–Trinajstić information content (AvgIpc) is 2.65. The first-order chi connectivity index (χ1) is 7.77. The molecule has 1 aromatic heterocycles. The van der Waals surface area contributed by atoms with Crippen molar-refractivity contribution < 1.29 is 0 Å². The van der Waals surface area contributed by atoms with Crippen LogP contribution in [0.1, 0.15) is 45.4 Å². The molecule has 0 aliphatic carbocycles. The van der Waals surface area contributed by atoms with Crippen LogP contribution in [-0.4, -0.2) is 21.0 Å². The summed E-state index contributed by atoms with van der Waals surface area (Å²) in [5.41, 5.74) is 5.76. The zero-order valence-corrected chi connectivity index (χ0v) is 11.1. The number of anilines is 1. The van der Waals surface area contributed by atoms with Gasteiger partial charge in [0.1, 0.15) is 0 Å². The molecule has 0 amide bonds. The summed E-state index contributed by atoms with van der Waals surface area (Å²) in [5.74, 6) is 0.540. The Morgan fingerprint density at radius 1 is 1.19 bits per heavy atom. The second-order valence-corrected chi connectivity index (χ2v) is 4.72. The summed E-state index contributed by atoms with van der Waals surface area (Å²) >= 11 is 1.53. The number of aryl methyl sites for hydroxylation is 1. The molecular formula is C11H22N4S. The molecule has 0 aromatic carbocycles. The van der Waals surface area contributed by atoms with Gasteiger partial charge < -0.3 is 5.73 Å². The molecule has 1 aromatic rings. The summed E-state index contributed by atoms with van der Waals surface area (Å²) < 4.78 is 1.81. The van der Waals surface area contributed by atoms with E-state index in [0.717, 1.165) is 18.1 Å². The van der Waals surface area contributed by atoms with Gasteiger partial charge in [-0.2, -0.15) is 4.98 Å². The van der Waals surface area contributed by atoms with Gasteiger partial charge in [0.15, 0.2) is 0 Å². The second-order valence-electron chi connectivity index (χ2n) is 3.95. The van der Waals surface area contributed by atoms with Crippen molar-refractivity contribution >= 4 is 17.7 Å². The van der Waals surface area contributed by atoms with Gasteiger partial charge in [0.25, 0.3) is 0 Å². The molecule has 0 unspecified atom stereocenters. The lowest BCUT2D eigenvalue weighted by Crippen LogP contribution is -2.05. The molecule has 4 nitrogen and oxygen atoms in total. The van der Waals surface area contributed by atoms with Crippen LogP contribution in [0, 0.1) is 0 Å². The van der Waals surface area contributed by atoms with Gasteiger partial charge in [-0.15, -0.1) is 5.10 Å². The highest BCUT2D eigenvalue weighted by Crippen LogP contribution is 2.12. The maximum atomic E-state index is 5.76. The SMILES string of the molecule is CCCCCCCCn1nc(SC)nc1N. The van der Waals surface area contributed by atoms with E-state index < -0.39 is 0 Å². The Hall–Kier alpha value is -0.710. The number of nitrogens with two attached hydrogens (primary N) is 1. The Kier molecular flexibility index (Phi) is 6.30. The van der Waals surface area contributed by atoms with Crippen LogP contribution in [0.15, 0.2) is 5.16 Å². The van der Waals surface area contributed by atoms with E-state index in [9.17, 15) is 0 Å². The molecule has 2 N–H and O–H groups in total. The van der Waals surface area contributed by atoms with Crippen molar-refractivity contribution in [1.29, 1.82) is 0 Å². The van der Waals surface area contributed by atoms with Gasteiger partial charge in [0.2, 0.25) is 11.1 Å². The van der Waals surface area contributed by atoms with Gasteiger partial charge in [-0.1, -0.05) is 50.8 Å². The van der Waals surface area contributed by atoms with E-state index in [1.165, 1.54) is 43.9 Å². The van der Waals surface area contributed by atoms with Crippen LogP contribution >= 0.6 is 11.8 Å². The van der Waals surface area contributed by atoms with Crippen LogP contribution in [0.3, 0.4) is 0 Å². The normalized spacial score (nSPS) is 10.9. The third-order valence-corrected chi connectivity index (χ3v) is 3.13. The highest BCUT2D eigenvalue weighted by molar-refractivity contribution is 7.98. The number of aromatic nitrogens is 3. The minimum Gasteiger partial charge on any atom is -0.368 e. The van der Waals surface area contributed by atoms with Gasteiger partial charge in [-0.25, -0.2) is 4.68 Å². The Labute approximate surface area is 102 Å². The first kappa shape index (κ1) is 13.4. The third kappa shape index (κ3) is 4.43. The average molecular weight is 242 g/mol.